The quantitative estimate of drug-likeness (QED) is 0.444. The number of hydrogen-bond donors (Lipinski definition) is 1. The van der Waals surface area contributed by atoms with Crippen LogP contribution in [0.4, 0.5) is 0 Å². The number of hydrogen-bond acceptors (Lipinski definition) is 6. The lowest BCUT2D eigenvalue weighted by molar-refractivity contribution is 0.0920. The molecule has 6 rings (SSSR count). The Morgan fingerprint density at radius 1 is 1.14 bits per heavy atom. The third-order valence-corrected chi connectivity index (χ3v) is 6.98. The minimum atomic E-state index is -0.435. The largest absolute Gasteiger partial charge is 0.340 e. The third kappa shape index (κ3) is 4.00. The van der Waals surface area contributed by atoms with E-state index in [-0.39, 0.29) is 23.3 Å². The molecule has 1 N–H and O–H groups in total. The molecule has 35 heavy (non-hydrogen) atoms. The van der Waals surface area contributed by atoms with Crippen molar-refractivity contribution in [3.8, 4) is 11.1 Å². The normalized spacial score (nSPS) is 16.5. The summed E-state index contributed by atoms with van der Waals surface area (Å²) in [5.41, 5.74) is 2.57. The summed E-state index contributed by atoms with van der Waals surface area (Å²) in [6, 6.07) is 7.83. The Morgan fingerprint density at radius 3 is 2.60 bits per heavy atom. The molecule has 0 unspecified atom stereocenters. The molecule has 0 bridgehead atoms. The van der Waals surface area contributed by atoms with Gasteiger partial charge in [0.1, 0.15) is 0 Å². The van der Waals surface area contributed by atoms with E-state index < -0.39 is 5.54 Å². The summed E-state index contributed by atoms with van der Waals surface area (Å²) in [6.07, 6.45) is 10.7. The van der Waals surface area contributed by atoms with Crippen LogP contribution in [-0.2, 0) is 12.1 Å². The lowest BCUT2D eigenvalue weighted by atomic mass is 10.0. The smallest absolute Gasteiger partial charge is 0.289 e. The van der Waals surface area contributed by atoms with Gasteiger partial charge in [0, 0.05) is 25.0 Å². The first-order valence-electron chi connectivity index (χ1n) is 12.1. The Kier molecular flexibility index (Phi) is 5.01. The number of carbonyl (C=O) groups excluding carboxylic acids is 1. The molecule has 9 nitrogen and oxygen atoms in total. The zero-order chi connectivity index (χ0) is 24.2. The molecule has 4 aromatic rings. The lowest BCUT2D eigenvalue weighted by Gasteiger charge is -2.18. The first kappa shape index (κ1) is 21.6. The maximum absolute atomic E-state index is 13.1. The van der Waals surface area contributed by atoms with Crippen LogP contribution in [0.2, 0.25) is 0 Å². The second-order valence-corrected chi connectivity index (χ2v) is 9.97. The van der Waals surface area contributed by atoms with Gasteiger partial charge in [0.2, 0.25) is 5.82 Å². The van der Waals surface area contributed by atoms with Gasteiger partial charge in [0.25, 0.3) is 11.5 Å². The van der Waals surface area contributed by atoms with Crippen molar-refractivity contribution in [2.45, 2.75) is 57.7 Å². The topological polar surface area (TPSA) is 108 Å². The minimum Gasteiger partial charge on any atom is -0.340 e. The molecule has 1 aromatic carbocycles. The summed E-state index contributed by atoms with van der Waals surface area (Å²) in [5, 5.41) is 8.41. The molecular formula is C26H27N7O2. The van der Waals surface area contributed by atoms with Crippen LogP contribution in [0.1, 0.15) is 61.8 Å². The van der Waals surface area contributed by atoms with Crippen LogP contribution in [0.25, 0.3) is 22.2 Å². The van der Waals surface area contributed by atoms with Crippen LogP contribution < -0.4 is 10.9 Å². The first-order valence-corrected chi connectivity index (χ1v) is 12.1. The Labute approximate surface area is 202 Å². The third-order valence-electron chi connectivity index (χ3n) is 6.98. The highest BCUT2D eigenvalue weighted by atomic mass is 16.2. The number of fused-ring (bicyclic) bond motifs is 1. The molecule has 0 spiro atoms. The molecule has 9 heteroatoms. The molecule has 0 saturated heterocycles. The lowest BCUT2D eigenvalue weighted by Crippen LogP contribution is -2.36. The molecule has 0 radical (unpaired) electrons. The van der Waals surface area contributed by atoms with Gasteiger partial charge in [-0.2, -0.15) is 5.10 Å². The van der Waals surface area contributed by atoms with E-state index in [1.807, 2.05) is 42.8 Å². The molecule has 3 aromatic heterocycles. The van der Waals surface area contributed by atoms with Crippen LogP contribution in [0.3, 0.4) is 0 Å². The van der Waals surface area contributed by atoms with Crippen molar-refractivity contribution in [1.29, 1.82) is 0 Å². The van der Waals surface area contributed by atoms with Crippen molar-refractivity contribution < 1.29 is 4.79 Å². The van der Waals surface area contributed by atoms with Gasteiger partial charge < -0.3 is 5.32 Å². The molecule has 1 amide bonds. The van der Waals surface area contributed by atoms with Gasteiger partial charge in [-0.1, -0.05) is 24.3 Å². The van der Waals surface area contributed by atoms with E-state index in [1.54, 1.807) is 29.5 Å². The number of nitrogens with one attached hydrogen (secondary N) is 1. The van der Waals surface area contributed by atoms with E-state index >= 15 is 0 Å². The summed E-state index contributed by atoms with van der Waals surface area (Å²) in [6.45, 7) is 4.74. The van der Waals surface area contributed by atoms with Crippen LogP contribution >= 0.6 is 0 Å². The van der Waals surface area contributed by atoms with Gasteiger partial charge in [0.05, 0.1) is 29.0 Å². The van der Waals surface area contributed by atoms with E-state index in [0.717, 1.165) is 35.9 Å². The molecule has 2 saturated carbocycles. The molecular weight excluding hydrogens is 442 g/mol. The highest BCUT2D eigenvalue weighted by Crippen LogP contribution is 2.46. The highest BCUT2D eigenvalue weighted by molar-refractivity contribution is 5.93. The zero-order valence-corrected chi connectivity index (χ0v) is 19.8. The monoisotopic (exact) mass is 469 g/mol. The Bertz CT molecular complexity index is 1480. The van der Waals surface area contributed by atoms with E-state index in [4.69, 9.17) is 0 Å². The zero-order valence-electron chi connectivity index (χ0n) is 19.8. The number of benzene rings is 1. The van der Waals surface area contributed by atoms with Crippen LogP contribution in [0.5, 0.6) is 0 Å². The predicted molar refractivity (Wildman–Crippen MR) is 131 cm³/mol. The Morgan fingerprint density at radius 2 is 1.91 bits per heavy atom. The maximum Gasteiger partial charge on any atom is 0.289 e. The number of rotatable bonds is 7. The van der Waals surface area contributed by atoms with Crippen molar-refractivity contribution in [3.05, 3.63) is 70.9 Å². The highest BCUT2D eigenvalue weighted by Gasteiger charge is 2.46. The van der Waals surface area contributed by atoms with Crippen molar-refractivity contribution >= 4 is 16.9 Å². The fourth-order valence-corrected chi connectivity index (χ4v) is 4.50. The summed E-state index contributed by atoms with van der Waals surface area (Å²) in [7, 11) is 0. The SMILES string of the molecule is CC(C)n1cncc(-c2ccc(C3(NC(=O)c4ncc5cnn(CC6CC6)c5n4)CC3)cc2)c1=O. The van der Waals surface area contributed by atoms with Gasteiger partial charge in [-0.25, -0.2) is 19.6 Å². The predicted octanol–water partition coefficient (Wildman–Crippen LogP) is 3.46. The molecule has 178 valence electrons. The van der Waals surface area contributed by atoms with Gasteiger partial charge in [0.15, 0.2) is 5.65 Å². The number of nitrogens with zero attached hydrogens (tertiary/aromatic N) is 6. The average Bonchev–Trinajstić information content (AvgIpc) is 3.79. The summed E-state index contributed by atoms with van der Waals surface area (Å²) >= 11 is 0. The number of amides is 1. The molecule has 2 aliphatic rings. The fourth-order valence-electron chi connectivity index (χ4n) is 4.50. The molecule has 2 fully saturated rings. The van der Waals surface area contributed by atoms with Crippen molar-refractivity contribution in [1.82, 2.24) is 34.6 Å². The molecule has 0 atom stereocenters. The minimum absolute atomic E-state index is 0.0351. The van der Waals surface area contributed by atoms with Gasteiger partial charge >= 0.3 is 0 Å². The van der Waals surface area contributed by atoms with E-state index in [0.29, 0.717) is 17.1 Å². The Hall–Kier alpha value is -3.88. The summed E-state index contributed by atoms with van der Waals surface area (Å²) in [4.78, 5) is 39.0. The first-order chi connectivity index (χ1) is 16.9. The van der Waals surface area contributed by atoms with E-state index in [9.17, 15) is 9.59 Å². The van der Waals surface area contributed by atoms with E-state index in [1.165, 1.54) is 12.8 Å². The van der Waals surface area contributed by atoms with Gasteiger partial charge in [-0.3, -0.25) is 14.2 Å². The summed E-state index contributed by atoms with van der Waals surface area (Å²) < 4.78 is 3.50. The number of carbonyl (C=O) groups is 1. The second kappa shape index (κ2) is 8.11. The van der Waals surface area contributed by atoms with Crippen LogP contribution in [0.15, 0.2) is 54.0 Å². The van der Waals surface area contributed by atoms with Crippen LogP contribution in [-0.4, -0.2) is 35.2 Å². The van der Waals surface area contributed by atoms with Crippen LogP contribution in [0, 0.1) is 5.92 Å². The second-order valence-electron chi connectivity index (χ2n) is 9.97. The fraction of sp³-hybridized carbons (Fsp3) is 0.385. The standard InChI is InChI=1S/C26H27N7O2/c1-16(2)32-15-27-13-21(25(32)35)18-5-7-20(8-6-18)26(9-10-26)31-24(34)22-28-11-19-12-29-33(23(19)30-22)14-17-3-4-17/h5-8,11-13,15-17H,3-4,9-10,14H2,1-2H3,(H,31,34). The molecule has 2 aliphatic carbocycles. The van der Waals surface area contributed by atoms with Gasteiger partial charge in [-0.05, 0) is 56.6 Å². The number of aromatic nitrogens is 6. The Balaban J connectivity index is 1.23. The molecule has 0 aliphatic heterocycles. The van der Waals surface area contributed by atoms with Gasteiger partial charge in [-0.15, -0.1) is 0 Å². The van der Waals surface area contributed by atoms with Crippen molar-refractivity contribution in [2.75, 3.05) is 0 Å². The van der Waals surface area contributed by atoms with E-state index in [2.05, 4.69) is 25.4 Å². The van der Waals surface area contributed by atoms with Crippen molar-refractivity contribution in [3.63, 3.8) is 0 Å². The maximum atomic E-state index is 13.1. The van der Waals surface area contributed by atoms with Crippen molar-refractivity contribution in [2.24, 2.45) is 5.92 Å². The molecule has 3 heterocycles. The average molecular weight is 470 g/mol. The summed E-state index contributed by atoms with van der Waals surface area (Å²) in [5.74, 6) is 0.519.